The van der Waals surface area contributed by atoms with Gasteiger partial charge in [0.1, 0.15) is 18.2 Å². The van der Waals surface area contributed by atoms with E-state index in [4.69, 9.17) is 16.3 Å². The van der Waals surface area contributed by atoms with E-state index >= 15 is 0 Å². The number of hydrogen-bond acceptors (Lipinski definition) is 4. The molecule has 0 fully saturated rings. The Bertz CT molecular complexity index is 1390. The van der Waals surface area contributed by atoms with Crippen LogP contribution in [0.4, 0.5) is 4.39 Å². The molecule has 4 aromatic rings. The number of hydrogen-bond donors (Lipinski definition) is 2. The molecule has 0 spiro atoms. The molecule has 0 heterocycles. The average Bonchev–Trinajstić information content (AvgIpc) is 2.87. The second-order valence-corrected chi connectivity index (χ2v) is 8.04. The molecule has 0 saturated carbocycles. The van der Waals surface area contributed by atoms with Crippen LogP contribution in [-0.2, 0) is 11.4 Å². The summed E-state index contributed by atoms with van der Waals surface area (Å²) in [4.78, 5) is 24.4. The van der Waals surface area contributed by atoms with Crippen LogP contribution in [0.5, 0.6) is 5.75 Å². The molecule has 176 valence electrons. The Morgan fingerprint density at radius 3 is 2.57 bits per heavy atom. The minimum Gasteiger partial charge on any atom is -0.488 e. The van der Waals surface area contributed by atoms with E-state index in [1.54, 1.807) is 30.3 Å². The van der Waals surface area contributed by atoms with Crippen LogP contribution in [0.3, 0.4) is 0 Å². The van der Waals surface area contributed by atoms with Crippen LogP contribution in [-0.4, -0.2) is 24.6 Å². The first-order valence-corrected chi connectivity index (χ1v) is 11.1. The Labute approximate surface area is 206 Å². The van der Waals surface area contributed by atoms with Gasteiger partial charge in [-0.2, -0.15) is 5.10 Å². The number of ether oxygens (including phenoxy) is 1. The topological polar surface area (TPSA) is 79.8 Å². The summed E-state index contributed by atoms with van der Waals surface area (Å²) in [5.41, 5.74) is 4.25. The summed E-state index contributed by atoms with van der Waals surface area (Å²) in [7, 11) is 0. The van der Waals surface area contributed by atoms with Gasteiger partial charge in [0, 0.05) is 16.1 Å². The zero-order valence-electron chi connectivity index (χ0n) is 18.5. The van der Waals surface area contributed by atoms with Crippen LogP contribution in [0, 0.1) is 5.82 Å². The number of hydrazone groups is 1. The first-order valence-electron chi connectivity index (χ1n) is 10.7. The lowest BCUT2D eigenvalue weighted by Crippen LogP contribution is -2.34. The highest BCUT2D eigenvalue weighted by Gasteiger charge is 2.10. The van der Waals surface area contributed by atoms with E-state index in [1.807, 2.05) is 36.4 Å². The molecule has 0 aliphatic carbocycles. The molecule has 0 unspecified atom stereocenters. The van der Waals surface area contributed by atoms with Gasteiger partial charge < -0.3 is 10.1 Å². The average molecular weight is 490 g/mol. The number of benzene rings is 4. The third kappa shape index (κ3) is 6.43. The summed E-state index contributed by atoms with van der Waals surface area (Å²) in [6.45, 7) is -0.0203. The van der Waals surface area contributed by atoms with Crippen molar-refractivity contribution in [3.05, 3.63) is 112 Å². The Balaban J connectivity index is 1.43. The summed E-state index contributed by atoms with van der Waals surface area (Å²) in [5.74, 6) is -0.671. The smallest absolute Gasteiger partial charge is 0.259 e. The van der Waals surface area contributed by atoms with E-state index in [0.29, 0.717) is 21.9 Å². The highest BCUT2D eigenvalue weighted by molar-refractivity contribution is 6.31. The maximum atomic E-state index is 13.2. The lowest BCUT2D eigenvalue weighted by molar-refractivity contribution is -0.120. The van der Waals surface area contributed by atoms with Crippen molar-refractivity contribution in [2.45, 2.75) is 6.61 Å². The predicted octanol–water partition coefficient (Wildman–Crippen LogP) is 5.09. The summed E-state index contributed by atoms with van der Waals surface area (Å²) >= 11 is 5.89. The molecule has 0 radical (unpaired) electrons. The van der Waals surface area contributed by atoms with Crippen molar-refractivity contribution >= 4 is 40.4 Å². The minimum absolute atomic E-state index is 0.237. The molecule has 0 aliphatic rings. The van der Waals surface area contributed by atoms with Crippen LogP contribution >= 0.6 is 11.6 Å². The minimum atomic E-state index is -0.495. The van der Waals surface area contributed by atoms with Crippen LogP contribution in [0.15, 0.2) is 90.0 Å². The van der Waals surface area contributed by atoms with Gasteiger partial charge in [0.05, 0.1) is 12.8 Å². The van der Waals surface area contributed by atoms with E-state index < -0.39 is 11.8 Å². The molecule has 0 atom stereocenters. The molecule has 35 heavy (non-hydrogen) atoms. The van der Waals surface area contributed by atoms with Gasteiger partial charge in [0.15, 0.2) is 0 Å². The van der Waals surface area contributed by atoms with Crippen LogP contribution in [0.2, 0.25) is 5.02 Å². The van der Waals surface area contributed by atoms with Gasteiger partial charge in [0.25, 0.3) is 11.8 Å². The van der Waals surface area contributed by atoms with Gasteiger partial charge in [-0.1, -0.05) is 60.1 Å². The fraction of sp³-hybridized carbons (Fsp3) is 0.0741. The van der Waals surface area contributed by atoms with E-state index in [0.717, 1.165) is 16.3 Å². The molecule has 0 saturated heterocycles. The molecule has 4 aromatic carbocycles. The first kappa shape index (κ1) is 23.9. The number of amides is 2. The van der Waals surface area contributed by atoms with Crippen molar-refractivity contribution in [2.24, 2.45) is 5.10 Å². The molecule has 2 amide bonds. The van der Waals surface area contributed by atoms with Crippen LogP contribution in [0.25, 0.3) is 10.8 Å². The molecule has 8 heteroatoms. The van der Waals surface area contributed by atoms with Crippen molar-refractivity contribution in [1.82, 2.24) is 10.7 Å². The van der Waals surface area contributed by atoms with E-state index in [9.17, 15) is 14.0 Å². The lowest BCUT2D eigenvalue weighted by Gasteiger charge is -2.12. The third-order valence-corrected chi connectivity index (χ3v) is 5.35. The Morgan fingerprint density at radius 2 is 1.77 bits per heavy atom. The lowest BCUT2D eigenvalue weighted by atomic mass is 10.0. The second-order valence-electron chi connectivity index (χ2n) is 7.60. The number of rotatable bonds is 8. The molecule has 2 N–H and O–H groups in total. The molecule has 4 rings (SSSR count). The zero-order valence-corrected chi connectivity index (χ0v) is 19.3. The number of fused-ring (bicyclic) bond motifs is 1. The molecular formula is C27H21ClFN3O3. The van der Waals surface area contributed by atoms with Gasteiger partial charge in [-0.15, -0.1) is 0 Å². The Hall–Kier alpha value is -4.23. The molecule has 0 aliphatic heterocycles. The highest BCUT2D eigenvalue weighted by Crippen LogP contribution is 2.27. The van der Waals surface area contributed by atoms with E-state index in [-0.39, 0.29) is 19.0 Å². The molecule has 0 bridgehead atoms. The van der Waals surface area contributed by atoms with Crippen molar-refractivity contribution in [1.29, 1.82) is 0 Å². The van der Waals surface area contributed by atoms with Gasteiger partial charge in [0.2, 0.25) is 0 Å². The van der Waals surface area contributed by atoms with Crippen LogP contribution < -0.4 is 15.5 Å². The van der Waals surface area contributed by atoms with E-state index in [2.05, 4.69) is 15.8 Å². The molecule has 0 aromatic heterocycles. The van der Waals surface area contributed by atoms with Gasteiger partial charge in [-0.25, -0.2) is 9.82 Å². The quantitative estimate of drug-likeness (QED) is 0.267. The predicted molar refractivity (Wildman–Crippen MR) is 134 cm³/mol. The van der Waals surface area contributed by atoms with Gasteiger partial charge in [-0.3, -0.25) is 9.59 Å². The summed E-state index contributed by atoms with van der Waals surface area (Å²) in [5, 5.41) is 8.87. The fourth-order valence-corrected chi connectivity index (χ4v) is 3.57. The van der Waals surface area contributed by atoms with Crippen molar-refractivity contribution in [3.63, 3.8) is 0 Å². The fourth-order valence-electron chi connectivity index (χ4n) is 3.38. The Kier molecular flexibility index (Phi) is 7.70. The number of carbonyl (C=O) groups excluding carboxylic acids is 2. The zero-order chi connectivity index (χ0) is 24.6. The number of carbonyl (C=O) groups is 2. The van der Waals surface area contributed by atoms with Crippen molar-refractivity contribution in [2.75, 3.05) is 6.54 Å². The largest absolute Gasteiger partial charge is 0.488 e. The second kappa shape index (κ2) is 11.3. The monoisotopic (exact) mass is 489 g/mol. The molecular weight excluding hydrogens is 469 g/mol. The first-order chi connectivity index (χ1) is 17.0. The van der Waals surface area contributed by atoms with E-state index in [1.165, 1.54) is 24.4 Å². The maximum Gasteiger partial charge on any atom is 0.259 e. The maximum absolute atomic E-state index is 13.2. The summed E-state index contributed by atoms with van der Waals surface area (Å²) in [6.07, 6.45) is 1.50. The molecule has 6 nitrogen and oxygen atoms in total. The number of halogens is 2. The summed E-state index contributed by atoms with van der Waals surface area (Å²) in [6, 6.07) is 23.9. The van der Waals surface area contributed by atoms with Gasteiger partial charge >= 0.3 is 0 Å². The standard InChI is InChI=1S/C27H21ClFN3O3/c28-21-6-3-5-20(14-21)27(34)30-16-26(33)32-31-15-24-23-7-2-1-4-19(23)10-13-25(24)35-17-18-8-11-22(29)12-9-18/h1-15H,16-17H2,(H,30,34)(H,32,33)/b31-15-. The Morgan fingerprint density at radius 1 is 0.971 bits per heavy atom. The number of nitrogens with zero attached hydrogens (tertiary/aromatic N) is 1. The van der Waals surface area contributed by atoms with Crippen molar-refractivity contribution < 1.29 is 18.7 Å². The van der Waals surface area contributed by atoms with Crippen molar-refractivity contribution in [3.8, 4) is 5.75 Å². The summed E-state index contributed by atoms with van der Waals surface area (Å²) < 4.78 is 19.1. The number of nitrogens with one attached hydrogen (secondary N) is 2. The highest BCUT2D eigenvalue weighted by atomic mass is 35.5. The van der Waals surface area contributed by atoms with Gasteiger partial charge in [-0.05, 0) is 52.7 Å². The van der Waals surface area contributed by atoms with Crippen LogP contribution in [0.1, 0.15) is 21.5 Å². The SMILES string of the molecule is O=C(CNC(=O)c1cccc(Cl)c1)N/N=C\c1c(OCc2ccc(F)cc2)ccc2ccccc12. The third-order valence-electron chi connectivity index (χ3n) is 5.12. The normalized spacial score (nSPS) is 10.9.